The number of nitro benzene ring substituents is 1. The van der Waals surface area contributed by atoms with E-state index >= 15 is 0 Å². The Balaban J connectivity index is 1.97. The summed E-state index contributed by atoms with van der Waals surface area (Å²) >= 11 is 0. The van der Waals surface area contributed by atoms with Gasteiger partial charge in [0.2, 0.25) is 6.10 Å². The van der Waals surface area contributed by atoms with Crippen molar-refractivity contribution in [2.45, 2.75) is 20.0 Å². The van der Waals surface area contributed by atoms with E-state index < -0.39 is 34.2 Å². The van der Waals surface area contributed by atoms with Crippen LogP contribution >= 0.6 is 0 Å². The van der Waals surface area contributed by atoms with Gasteiger partial charge in [0.05, 0.1) is 24.7 Å². The average molecular weight is 455 g/mol. The molecule has 0 aliphatic carbocycles. The fourth-order valence-electron chi connectivity index (χ4n) is 2.98. The zero-order valence-electron chi connectivity index (χ0n) is 18.1. The summed E-state index contributed by atoms with van der Waals surface area (Å²) in [6.45, 7) is 3.59. The van der Waals surface area contributed by atoms with E-state index in [0.717, 1.165) is 12.1 Å². The van der Waals surface area contributed by atoms with Crippen LogP contribution in [0.3, 0.4) is 0 Å². The van der Waals surface area contributed by atoms with Crippen molar-refractivity contribution in [3.05, 3.63) is 75.5 Å². The number of rotatable bonds is 9. The van der Waals surface area contributed by atoms with Crippen LogP contribution < -0.4 is 14.8 Å². The van der Waals surface area contributed by atoms with Crippen molar-refractivity contribution in [2.75, 3.05) is 19.0 Å². The molecule has 0 aliphatic heterocycles. The summed E-state index contributed by atoms with van der Waals surface area (Å²) in [6.07, 6.45) is -1.42. The molecule has 172 valence electrons. The lowest BCUT2D eigenvalue weighted by Gasteiger charge is -2.18. The zero-order valence-corrected chi connectivity index (χ0v) is 18.1. The van der Waals surface area contributed by atoms with E-state index in [1.54, 1.807) is 44.2 Å². The van der Waals surface area contributed by atoms with Crippen molar-refractivity contribution in [2.24, 2.45) is 0 Å². The second-order valence-corrected chi connectivity index (χ2v) is 6.72. The van der Waals surface area contributed by atoms with Gasteiger partial charge in [-0.1, -0.05) is 35.5 Å². The normalized spacial score (nSPS) is 11.4. The van der Waals surface area contributed by atoms with Crippen molar-refractivity contribution in [1.29, 1.82) is 0 Å². The molecule has 1 heterocycles. The van der Waals surface area contributed by atoms with Crippen LogP contribution in [0.15, 0.2) is 53.1 Å². The molecule has 1 aromatic heterocycles. The Morgan fingerprint density at radius 1 is 1.18 bits per heavy atom. The summed E-state index contributed by atoms with van der Waals surface area (Å²) < 4.78 is 20.9. The molecule has 0 bridgehead atoms. The van der Waals surface area contributed by atoms with Crippen molar-refractivity contribution in [3.63, 3.8) is 0 Å². The Kier molecular flexibility index (Phi) is 7.24. The maximum Gasteiger partial charge on any atom is 0.346 e. The maximum atomic E-state index is 13.0. The van der Waals surface area contributed by atoms with Gasteiger partial charge in [-0.3, -0.25) is 14.9 Å². The standard InChI is InChI=1S/C22H21N3O8/c1-4-31-18-11-15(16(25(28)29)12-17(18)30-3)22(27)32-20(14-8-6-5-7-9-14)21(26)23-19-10-13(2)33-24-19/h5-12,20H,4H2,1-3H3,(H,23,24,26). The molecule has 0 spiro atoms. The Morgan fingerprint density at radius 3 is 2.48 bits per heavy atom. The van der Waals surface area contributed by atoms with Gasteiger partial charge in [0.25, 0.3) is 11.6 Å². The summed E-state index contributed by atoms with van der Waals surface area (Å²) in [7, 11) is 1.32. The number of benzene rings is 2. The van der Waals surface area contributed by atoms with Crippen LogP contribution in [0.4, 0.5) is 11.5 Å². The monoisotopic (exact) mass is 455 g/mol. The Bertz CT molecular complexity index is 1160. The summed E-state index contributed by atoms with van der Waals surface area (Å²) in [5.41, 5.74) is -0.598. The SMILES string of the molecule is CCOc1cc(C(=O)OC(C(=O)Nc2cc(C)on2)c2ccccc2)c([N+](=O)[O-])cc1OC. The van der Waals surface area contributed by atoms with Crippen molar-refractivity contribution >= 4 is 23.4 Å². The first kappa shape index (κ1) is 23.3. The third-order valence-electron chi connectivity index (χ3n) is 4.44. The molecule has 1 N–H and O–H groups in total. The Hall–Kier alpha value is -4.41. The smallest absolute Gasteiger partial charge is 0.346 e. The number of aromatic nitrogens is 1. The second kappa shape index (κ2) is 10.3. The first-order valence-electron chi connectivity index (χ1n) is 9.83. The predicted octanol–water partition coefficient (Wildman–Crippen LogP) is 3.84. The zero-order chi connectivity index (χ0) is 24.0. The predicted molar refractivity (Wildman–Crippen MR) is 115 cm³/mol. The molecular formula is C22H21N3O8. The third kappa shape index (κ3) is 5.45. The Morgan fingerprint density at radius 2 is 1.91 bits per heavy atom. The van der Waals surface area contributed by atoms with Gasteiger partial charge >= 0.3 is 5.97 Å². The average Bonchev–Trinajstić information content (AvgIpc) is 3.21. The molecule has 3 aromatic rings. The molecule has 3 rings (SSSR count). The number of aryl methyl sites for hydroxylation is 1. The molecule has 0 saturated carbocycles. The van der Waals surface area contributed by atoms with Crippen LogP contribution in [0.25, 0.3) is 0 Å². The first-order chi connectivity index (χ1) is 15.8. The number of methoxy groups -OCH3 is 1. The fourth-order valence-corrected chi connectivity index (χ4v) is 2.98. The van der Waals surface area contributed by atoms with Gasteiger partial charge in [-0.25, -0.2) is 4.79 Å². The van der Waals surface area contributed by atoms with Gasteiger partial charge in [-0.15, -0.1) is 0 Å². The lowest BCUT2D eigenvalue weighted by molar-refractivity contribution is -0.385. The van der Waals surface area contributed by atoms with Crippen LogP contribution in [0.5, 0.6) is 11.5 Å². The number of anilines is 1. The highest BCUT2D eigenvalue weighted by molar-refractivity contribution is 5.99. The van der Waals surface area contributed by atoms with Gasteiger partial charge in [0, 0.05) is 17.7 Å². The highest BCUT2D eigenvalue weighted by Crippen LogP contribution is 2.36. The molecule has 11 heteroatoms. The summed E-state index contributed by atoms with van der Waals surface area (Å²) in [4.78, 5) is 36.8. The number of hydrogen-bond acceptors (Lipinski definition) is 9. The Labute approximate surface area is 188 Å². The largest absolute Gasteiger partial charge is 0.493 e. The van der Waals surface area contributed by atoms with Gasteiger partial charge in [0.15, 0.2) is 17.3 Å². The van der Waals surface area contributed by atoms with Crippen LogP contribution in [0, 0.1) is 17.0 Å². The van der Waals surface area contributed by atoms with Crippen molar-refractivity contribution < 1.29 is 33.2 Å². The minimum Gasteiger partial charge on any atom is -0.493 e. The number of ether oxygens (including phenoxy) is 3. The second-order valence-electron chi connectivity index (χ2n) is 6.72. The van der Waals surface area contributed by atoms with E-state index in [9.17, 15) is 19.7 Å². The number of amides is 1. The highest BCUT2D eigenvalue weighted by atomic mass is 16.6. The fraction of sp³-hybridized carbons (Fsp3) is 0.227. The van der Waals surface area contributed by atoms with Gasteiger partial charge in [-0.05, 0) is 13.8 Å². The van der Waals surface area contributed by atoms with Crippen LogP contribution in [0.2, 0.25) is 0 Å². The van der Waals surface area contributed by atoms with E-state index in [-0.39, 0.29) is 23.9 Å². The molecule has 1 amide bonds. The molecule has 2 aromatic carbocycles. The van der Waals surface area contributed by atoms with Gasteiger partial charge in [-0.2, -0.15) is 0 Å². The van der Waals surface area contributed by atoms with Gasteiger partial charge in [0.1, 0.15) is 11.3 Å². The molecule has 1 unspecified atom stereocenters. The van der Waals surface area contributed by atoms with Crippen LogP contribution in [0.1, 0.15) is 34.7 Å². The molecule has 0 radical (unpaired) electrons. The number of hydrogen-bond donors (Lipinski definition) is 1. The van der Waals surface area contributed by atoms with Crippen LogP contribution in [-0.2, 0) is 9.53 Å². The topological polar surface area (TPSA) is 143 Å². The molecule has 0 fully saturated rings. The third-order valence-corrected chi connectivity index (χ3v) is 4.44. The number of nitrogens with zero attached hydrogens (tertiary/aromatic N) is 2. The lowest BCUT2D eigenvalue weighted by atomic mass is 10.1. The van der Waals surface area contributed by atoms with Gasteiger partial charge < -0.3 is 24.1 Å². The lowest BCUT2D eigenvalue weighted by Crippen LogP contribution is -2.26. The molecule has 1 atom stereocenters. The van der Waals surface area contributed by atoms with E-state index in [1.807, 2.05) is 0 Å². The molecular weight excluding hydrogens is 434 g/mol. The quantitative estimate of drug-likeness (QED) is 0.289. The summed E-state index contributed by atoms with van der Waals surface area (Å²) in [5.74, 6) is -1.01. The number of nitro groups is 1. The number of carbonyl (C=O) groups is 2. The minimum atomic E-state index is -1.42. The molecule has 11 nitrogen and oxygen atoms in total. The minimum absolute atomic E-state index is 0.0823. The number of carbonyl (C=O) groups excluding carboxylic acids is 2. The number of nitrogens with one attached hydrogen (secondary N) is 1. The summed E-state index contributed by atoms with van der Waals surface area (Å²) in [5, 5.41) is 17.8. The van der Waals surface area contributed by atoms with E-state index in [0.29, 0.717) is 11.3 Å². The van der Waals surface area contributed by atoms with E-state index in [4.69, 9.17) is 18.7 Å². The van der Waals surface area contributed by atoms with Crippen molar-refractivity contribution in [3.8, 4) is 11.5 Å². The molecule has 33 heavy (non-hydrogen) atoms. The summed E-state index contributed by atoms with van der Waals surface area (Å²) in [6, 6.07) is 11.9. The maximum absolute atomic E-state index is 13.0. The first-order valence-corrected chi connectivity index (χ1v) is 9.83. The van der Waals surface area contributed by atoms with Crippen LogP contribution in [-0.4, -0.2) is 35.7 Å². The van der Waals surface area contributed by atoms with Crippen molar-refractivity contribution in [1.82, 2.24) is 5.16 Å². The number of esters is 1. The molecule has 0 aliphatic rings. The highest BCUT2D eigenvalue weighted by Gasteiger charge is 2.31. The molecule has 0 saturated heterocycles. The van der Waals surface area contributed by atoms with E-state index in [2.05, 4.69) is 10.5 Å². The van der Waals surface area contributed by atoms with E-state index in [1.165, 1.54) is 13.2 Å².